The van der Waals surface area contributed by atoms with Crippen LogP contribution in [0.2, 0.25) is 0 Å². The Balaban J connectivity index is 1.78. The number of aromatic nitrogens is 1. The van der Waals surface area contributed by atoms with E-state index in [9.17, 15) is 9.59 Å². The van der Waals surface area contributed by atoms with Gasteiger partial charge in [-0.1, -0.05) is 5.16 Å². The molecule has 7 nitrogen and oxygen atoms in total. The van der Waals surface area contributed by atoms with Crippen molar-refractivity contribution in [1.82, 2.24) is 19.9 Å². The molecule has 0 bridgehead atoms. The lowest BCUT2D eigenvalue weighted by Gasteiger charge is -2.40. The van der Waals surface area contributed by atoms with Crippen LogP contribution in [0.5, 0.6) is 0 Å². The third kappa shape index (κ3) is 2.85. The zero-order chi connectivity index (χ0) is 16.7. The first kappa shape index (κ1) is 16.0. The molecule has 0 aliphatic carbocycles. The molecular formula is C16H24N4O3. The molecule has 3 heterocycles. The predicted octanol–water partition coefficient (Wildman–Crippen LogP) is 0.412. The minimum atomic E-state index is -0.0997. The Morgan fingerprint density at radius 2 is 2.00 bits per heavy atom. The Hall–Kier alpha value is -1.89. The van der Waals surface area contributed by atoms with Crippen LogP contribution < -0.4 is 0 Å². The van der Waals surface area contributed by atoms with Gasteiger partial charge in [-0.3, -0.25) is 14.5 Å². The Kier molecular flexibility index (Phi) is 4.14. The number of hydrogen-bond donors (Lipinski definition) is 0. The molecule has 2 saturated heterocycles. The highest BCUT2D eigenvalue weighted by molar-refractivity contribution is 5.89. The molecule has 2 aliphatic heterocycles. The van der Waals surface area contributed by atoms with E-state index in [-0.39, 0.29) is 30.3 Å². The Labute approximate surface area is 136 Å². The van der Waals surface area contributed by atoms with Crippen molar-refractivity contribution in [2.75, 3.05) is 33.7 Å². The van der Waals surface area contributed by atoms with E-state index >= 15 is 0 Å². The molecule has 0 N–H and O–H groups in total. The average Bonchev–Trinajstić information content (AvgIpc) is 2.81. The maximum absolute atomic E-state index is 12.5. The number of rotatable bonds is 2. The monoisotopic (exact) mass is 320 g/mol. The van der Waals surface area contributed by atoms with Gasteiger partial charge in [0.25, 0.3) is 0 Å². The average molecular weight is 320 g/mol. The summed E-state index contributed by atoms with van der Waals surface area (Å²) in [5.74, 6) is 0.834. The van der Waals surface area contributed by atoms with Gasteiger partial charge in [0.1, 0.15) is 5.76 Å². The molecule has 1 aromatic heterocycles. The lowest BCUT2D eigenvalue weighted by molar-refractivity contribution is -0.136. The summed E-state index contributed by atoms with van der Waals surface area (Å²) >= 11 is 0. The minimum Gasteiger partial charge on any atom is -0.361 e. The van der Waals surface area contributed by atoms with Crippen LogP contribution in [0.25, 0.3) is 0 Å². The summed E-state index contributed by atoms with van der Waals surface area (Å²) in [5, 5.41) is 4.00. The van der Waals surface area contributed by atoms with Crippen LogP contribution >= 0.6 is 0 Å². The second-order valence-corrected chi connectivity index (χ2v) is 6.70. The number of hydrogen-bond acceptors (Lipinski definition) is 5. The number of fused-ring (bicyclic) bond motifs is 1. The number of likely N-dealkylation sites (tertiary alicyclic amines) is 1. The van der Waals surface area contributed by atoms with Crippen LogP contribution in [0.15, 0.2) is 4.52 Å². The van der Waals surface area contributed by atoms with Crippen LogP contribution in [0.4, 0.5) is 0 Å². The van der Waals surface area contributed by atoms with Crippen molar-refractivity contribution in [3.63, 3.8) is 0 Å². The van der Waals surface area contributed by atoms with E-state index < -0.39 is 0 Å². The van der Waals surface area contributed by atoms with Crippen molar-refractivity contribution in [3.05, 3.63) is 17.0 Å². The van der Waals surface area contributed by atoms with Gasteiger partial charge in [-0.15, -0.1) is 0 Å². The van der Waals surface area contributed by atoms with Gasteiger partial charge in [0.05, 0.1) is 24.2 Å². The lowest BCUT2D eigenvalue weighted by atomic mass is 9.89. The third-order valence-corrected chi connectivity index (χ3v) is 5.19. The van der Waals surface area contributed by atoms with Gasteiger partial charge in [0.15, 0.2) is 0 Å². The number of piperidine rings is 1. The normalized spacial score (nSPS) is 26.4. The minimum absolute atomic E-state index is 0.00698. The molecule has 2 amide bonds. The zero-order valence-corrected chi connectivity index (χ0v) is 14.2. The van der Waals surface area contributed by atoms with Crippen molar-refractivity contribution in [2.24, 2.45) is 5.92 Å². The van der Waals surface area contributed by atoms with E-state index in [0.29, 0.717) is 6.54 Å². The van der Waals surface area contributed by atoms with Crippen molar-refractivity contribution < 1.29 is 14.1 Å². The van der Waals surface area contributed by atoms with Gasteiger partial charge in [0.2, 0.25) is 11.8 Å². The van der Waals surface area contributed by atoms with Crippen LogP contribution in [-0.2, 0) is 16.1 Å². The number of nitrogens with zero attached hydrogens (tertiary/aromatic N) is 4. The molecule has 2 unspecified atom stereocenters. The quantitative estimate of drug-likeness (QED) is 0.789. The van der Waals surface area contributed by atoms with E-state index in [0.717, 1.165) is 36.5 Å². The molecule has 0 aromatic carbocycles. The summed E-state index contributed by atoms with van der Waals surface area (Å²) in [7, 11) is 3.53. The predicted molar refractivity (Wildman–Crippen MR) is 83.6 cm³/mol. The molecule has 0 saturated carbocycles. The van der Waals surface area contributed by atoms with Crippen molar-refractivity contribution in [3.8, 4) is 0 Å². The SMILES string of the molecule is Cc1noc(C)c1CN1CCC2C(=O)N(C)CC(=O)N(C)C2C1. The molecule has 23 heavy (non-hydrogen) atoms. The Bertz CT molecular complexity index is 607. The van der Waals surface area contributed by atoms with Crippen LogP contribution in [0.3, 0.4) is 0 Å². The molecule has 2 fully saturated rings. The third-order valence-electron chi connectivity index (χ3n) is 5.19. The summed E-state index contributed by atoms with van der Waals surface area (Å²) in [6.07, 6.45) is 0.773. The van der Waals surface area contributed by atoms with E-state index in [1.165, 1.54) is 0 Å². The van der Waals surface area contributed by atoms with Crippen molar-refractivity contribution in [1.29, 1.82) is 0 Å². The fraction of sp³-hybridized carbons (Fsp3) is 0.688. The molecule has 7 heteroatoms. The molecule has 3 rings (SSSR count). The summed E-state index contributed by atoms with van der Waals surface area (Å²) in [5.41, 5.74) is 2.01. The van der Waals surface area contributed by atoms with Crippen LogP contribution in [0, 0.1) is 19.8 Å². The van der Waals surface area contributed by atoms with Gasteiger partial charge < -0.3 is 14.3 Å². The topological polar surface area (TPSA) is 69.9 Å². The van der Waals surface area contributed by atoms with E-state index in [1.807, 2.05) is 20.9 Å². The number of carbonyl (C=O) groups is 2. The van der Waals surface area contributed by atoms with E-state index in [4.69, 9.17) is 4.52 Å². The van der Waals surface area contributed by atoms with E-state index in [2.05, 4.69) is 10.1 Å². The molecule has 2 aliphatic rings. The number of aryl methyl sites for hydroxylation is 2. The first-order valence-corrected chi connectivity index (χ1v) is 8.03. The smallest absolute Gasteiger partial charge is 0.242 e. The Morgan fingerprint density at radius 1 is 1.26 bits per heavy atom. The first-order chi connectivity index (χ1) is 10.9. The highest BCUT2D eigenvalue weighted by atomic mass is 16.5. The van der Waals surface area contributed by atoms with E-state index in [1.54, 1.807) is 16.8 Å². The molecule has 126 valence electrons. The zero-order valence-electron chi connectivity index (χ0n) is 14.2. The second-order valence-electron chi connectivity index (χ2n) is 6.70. The maximum atomic E-state index is 12.5. The number of likely N-dealkylation sites (N-methyl/N-ethyl adjacent to an activating group) is 2. The summed E-state index contributed by atoms with van der Waals surface area (Å²) in [4.78, 5) is 30.4. The lowest BCUT2D eigenvalue weighted by Crippen LogP contribution is -2.53. The molecule has 1 aromatic rings. The van der Waals surface area contributed by atoms with Crippen LogP contribution in [0.1, 0.15) is 23.4 Å². The maximum Gasteiger partial charge on any atom is 0.242 e. The summed E-state index contributed by atoms with van der Waals surface area (Å²) in [6.45, 7) is 6.33. The highest BCUT2D eigenvalue weighted by Crippen LogP contribution is 2.28. The standard InChI is InChI=1S/C16H24N4O3/c1-10-13(11(2)23-17-10)7-20-6-5-12-14(8-20)19(4)15(21)9-18(3)16(12)22/h12,14H,5-9H2,1-4H3. The number of amides is 2. The van der Waals surface area contributed by atoms with Gasteiger partial charge >= 0.3 is 0 Å². The van der Waals surface area contributed by atoms with Crippen molar-refractivity contribution in [2.45, 2.75) is 32.9 Å². The molecule has 2 atom stereocenters. The van der Waals surface area contributed by atoms with Gasteiger partial charge in [-0.05, 0) is 26.8 Å². The number of carbonyl (C=O) groups excluding carboxylic acids is 2. The Morgan fingerprint density at radius 3 is 2.65 bits per heavy atom. The summed E-state index contributed by atoms with van der Waals surface area (Å²) in [6, 6.07) is -0.0610. The van der Waals surface area contributed by atoms with Gasteiger partial charge in [-0.25, -0.2) is 0 Å². The van der Waals surface area contributed by atoms with Crippen LogP contribution in [-0.4, -0.2) is 71.4 Å². The first-order valence-electron chi connectivity index (χ1n) is 8.03. The fourth-order valence-electron chi connectivity index (χ4n) is 3.63. The largest absolute Gasteiger partial charge is 0.361 e. The van der Waals surface area contributed by atoms with Gasteiger partial charge in [0, 0.05) is 32.7 Å². The molecular weight excluding hydrogens is 296 g/mol. The summed E-state index contributed by atoms with van der Waals surface area (Å²) < 4.78 is 5.23. The molecule has 0 radical (unpaired) electrons. The van der Waals surface area contributed by atoms with Gasteiger partial charge in [-0.2, -0.15) is 0 Å². The van der Waals surface area contributed by atoms with Crippen molar-refractivity contribution >= 4 is 11.8 Å². The fourth-order valence-corrected chi connectivity index (χ4v) is 3.63. The highest BCUT2D eigenvalue weighted by Gasteiger charge is 2.42. The molecule has 0 spiro atoms. The second kappa shape index (κ2) is 5.96.